The average molecular weight is 408 g/mol. The summed E-state index contributed by atoms with van der Waals surface area (Å²) < 4.78 is 0. The number of rotatable bonds is 9. The molecule has 0 aliphatic carbocycles. The van der Waals surface area contributed by atoms with Gasteiger partial charge in [0, 0.05) is 12.5 Å². The second-order valence-electron chi connectivity index (χ2n) is 8.07. The fourth-order valence-electron chi connectivity index (χ4n) is 3.81. The normalized spacial score (nSPS) is 16.3. The lowest BCUT2D eigenvalue weighted by Gasteiger charge is -2.19. The van der Waals surface area contributed by atoms with Gasteiger partial charge in [0.25, 0.3) is 5.91 Å². The van der Waals surface area contributed by atoms with Gasteiger partial charge < -0.3 is 10.6 Å². The lowest BCUT2D eigenvalue weighted by atomic mass is 9.88. The maximum atomic E-state index is 12.4. The number of nitrogens with one attached hydrogen (secondary N) is 2. The molecule has 0 saturated carbocycles. The average Bonchev–Trinajstić information content (AvgIpc) is 2.99. The van der Waals surface area contributed by atoms with E-state index in [-0.39, 0.29) is 30.2 Å². The molecule has 6 heteroatoms. The Kier molecular flexibility index (Phi) is 7.22. The van der Waals surface area contributed by atoms with E-state index in [1.54, 1.807) is 0 Å². The molecule has 1 aliphatic rings. The summed E-state index contributed by atoms with van der Waals surface area (Å²) >= 11 is 0. The van der Waals surface area contributed by atoms with Gasteiger partial charge in [0.1, 0.15) is 12.6 Å². The van der Waals surface area contributed by atoms with Crippen LogP contribution in [0.3, 0.4) is 0 Å². The summed E-state index contributed by atoms with van der Waals surface area (Å²) in [5.74, 6) is -0.223. The zero-order valence-electron chi connectivity index (χ0n) is 17.5. The molecular formula is C24H29N3O3. The Bertz CT molecular complexity index is 828. The zero-order valence-corrected chi connectivity index (χ0v) is 17.5. The highest BCUT2D eigenvalue weighted by Crippen LogP contribution is 2.27. The summed E-state index contributed by atoms with van der Waals surface area (Å²) in [6.07, 6.45) is 1.29. The second kappa shape index (κ2) is 10.1. The number of imide groups is 1. The van der Waals surface area contributed by atoms with E-state index in [4.69, 9.17) is 0 Å². The van der Waals surface area contributed by atoms with Crippen LogP contribution in [-0.4, -0.2) is 41.9 Å². The Morgan fingerprint density at radius 2 is 1.57 bits per heavy atom. The summed E-state index contributed by atoms with van der Waals surface area (Å²) in [5.41, 5.74) is 2.37. The smallest absolute Gasteiger partial charge is 0.325 e. The fourth-order valence-corrected chi connectivity index (χ4v) is 3.81. The molecule has 30 heavy (non-hydrogen) atoms. The first kappa shape index (κ1) is 21.6. The Hall–Kier alpha value is -3.15. The predicted molar refractivity (Wildman–Crippen MR) is 116 cm³/mol. The van der Waals surface area contributed by atoms with Gasteiger partial charge in [0.05, 0.1) is 0 Å². The van der Waals surface area contributed by atoms with Gasteiger partial charge in [-0.05, 0) is 29.9 Å². The molecule has 0 bridgehead atoms. The third-order valence-electron chi connectivity index (χ3n) is 5.27. The number of urea groups is 1. The second-order valence-corrected chi connectivity index (χ2v) is 8.07. The van der Waals surface area contributed by atoms with Gasteiger partial charge in [0.2, 0.25) is 5.91 Å². The molecule has 2 N–H and O–H groups in total. The summed E-state index contributed by atoms with van der Waals surface area (Å²) in [5, 5.41) is 5.53. The van der Waals surface area contributed by atoms with E-state index in [1.165, 1.54) is 11.1 Å². The van der Waals surface area contributed by atoms with Crippen LogP contribution in [0.25, 0.3) is 0 Å². The van der Waals surface area contributed by atoms with Crippen molar-refractivity contribution in [2.45, 2.75) is 38.6 Å². The van der Waals surface area contributed by atoms with Crippen LogP contribution in [0.1, 0.15) is 43.7 Å². The van der Waals surface area contributed by atoms with Crippen LogP contribution in [0, 0.1) is 5.92 Å². The molecule has 6 nitrogen and oxygen atoms in total. The van der Waals surface area contributed by atoms with Crippen LogP contribution < -0.4 is 10.6 Å². The van der Waals surface area contributed by atoms with Crippen LogP contribution in [0.15, 0.2) is 60.7 Å². The maximum absolute atomic E-state index is 12.4. The van der Waals surface area contributed by atoms with Crippen molar-refractivity contribution in [2.75, 3.05) is 13.1 Å². The molecule has 0 aromatic heterocycles. The van der Waals surface area contributed by atoms with Gasteiger partial charge in [0.15, 0.2) is 0 Å². The quantitative estimate of drug-likeness (QED) is 0.626. The maximum Gasteiger partial charge on any atom is 0.325 e. The van der Waals surface area contributed by atoms with E-state index in [2.05, 4.69) is 34.9 Å². The van der Waals surface area contributed by atoms with Gasteiger partial charge in [-0.1, -0.05) is 74.5 Å². The van der Waals surface area contributed by atoms with Crippen LogP contribution in [0.2, 0.25) is 0 Å². The molecule has 1 aliphatic heterocycles. The molecule has 3 rings (SSSR count). The summed E-state index contributed by atoms with van der Waals surface area (Å²) in [6, 6.07) is 19.3. The molecule has 158 valence electrons. The summed E-state index contributed by atoms with van der Waals surface area (Å²) in [7, 11) is 0. The molecule has 1 saturated heterocycles. The largest absolute Gasteiger partial charge is 0.355 e. The fraction of sp³-hybridized carbons (Fsp3) is 0.375. The van der Waals surface area contributed by atoms with Gasteiger partial charge in [-0.2, -0.15) is 0 Å². The number of benzene rings is 2. The van der Waals surface area contributed by atoms with Crippen molar-refractivity contribution in [1.29, 1.82) is 0 Å². The van der Waals surface area contributed by atoms with Crippen molar-refractivity contribution >= 4 is 17.8 Å². The van der Waals surface area contributed by atoms with Crippen molar-refractivity contribution < 1.29 is 14.4 Å². The van der Waals surface area contributed by atoms with E-state index < -0.39 is 12.1 Å². The van der Waals surface area contributed by atoms with Gasteiger partial charge in [-0.3, -0.25) is 14.5 Å². The Morgan fingerprint density at radius 1 is 1.00 bits per heavy atom. The van der Waals surface area contributed by atoms with Crippen molar-refractivity contribution in [1.82, 2.24) is 15.5 Å². The lowest BCUT2D eigenvalue weighted by Crippen LogP contribution is -2.41. The molecular weight excluding hydrogens is 378 g/mol. The molecule has 2 aromatic carbocycles. The van der Waals surface area contributed by atoms with Gasteiger partial charge in [-0.15, -0.1) is 0 Å². The lowest BCUT2D eigenvalue weighted by molar-refractivity contribution is -0.132. The van der Waals surface area contributed by atoms with Crippen LogP contribution in [0.4, 0.5) is 4.79 Å². The molecule has 0 radical (unpaired) electrons. The zero-order chi connectivity index (χ0) is 21.5. The first-order valence-corrected chi connectivity index (χ1v) is 10.4. The molecule has 2 aromatic rings. The predicted octanol–water partition coefficient (Wildman–Crippen LogP) is 3.29. The highest BCUT2D eigenvalue weighted by Gasteiger charge is 2.38. The summed E-state index contributed by atoms with van der Waals surface area (Å²) in [6.45, 7) is 4.18. The Labute approximate surface area is 177 Å². The van der Waals surface area contributed by atoms with Crippen molar-refractivity contribution in [3.63, 3.8) is 0 Å². The summed E-state index contributed by atoms with van der Waals surface area (Å²) in [4.78, 5) is 37.9. The highest BCUT2D eigenvalue weighted by molar-refractivity contribution is 6.06. The van der Waals surface area contributed by atoms with Gasteiger partial charge in [-0.25, -0.2) is 4.79 Å². The van der Waals surface area contributed by atoms with E-state index in [0.29, 0.717) is 13.0 Å². The van der Waals surface area contributed by atoms with Crippen LogP contribution >= 0.6 is 0 Å². The minimum Gasteiger partial charge on any atom is -0.355 e. The van der Waals surface area contributed by atoms with Crippen molar-refractivity contribution in [3.8, 4) is 0 Å². The SMILES string of the molecule is CC(C)C[C@H]1NC(=O)N(CC(=O)NCCC(c2ccccc2)c2ccccc2)C1=O. The number of amides is 4. The minimum atomic E-state index is -0.536. The minimum absolute atomic E-state index is 0.153. The third-order valence-corrected chi connectivity index (χ3v) is 5.27. The van der Waals surface area contributed by atoms with Crippen LogP contribution in [-0.2, 0) is 9.59 Å². The van der Waals surface area contributed by atoms with E-state index in [0.717, 1.165) is 11.3 Å². The van der Waals surface area contributed by atoms with Gasteiger partial charge >= 0.3 is 6.03 Å². The monoisotopic (exact) mass is 407 g/mol. The number of carbonyl (C=O) groups is 3. The molecule has 1 fully saturated rings. The van der Waals surface area contributed by atoms with E-state index in [9.17, 15) is 14.4 Å². The first-order valence-electron chi connectivity index (χ1n) is 10.4. The first-order chi connectivity index (χ1) is 14.5. The van der Waals surface area contributed by atoms with E-state index >= 15 is 0 Å². The Balaban J connectivity index is 1.56. The topological polar surface area (TPSA) is 78.5 Å². The van der Waals surface area contributed by atoms with E-state index in [1.807, 2.05) is 50.2 Å². The molecule has 0 spiro atoms. The number of carbonyl (C=O) groups excluding carboxylic acids is 3. The number of hydrogen-bond acceptors (Lipinski definition) is 3. The molecule has 4 amide bonds. The van der Waals surface area contributed by atoms with Crippen molar-refractivity contribution in [2.24, 2.45) is 5.92 Å². The number of hydrogen-bond donors (Lipinski definition) is 2. The molecule has 1 atom stereocenters. The highest BCUT2D eigenvalue weighted by atomic mass is 16.2. The number of nitrogens with zero attached hydrogens (tertiary/aromatic N) is 1. The van der Waals surface area contributed by atoms with Crippen LogP contribution in [0.5, 0.6) is 0 Å². The standard InChI is InChI=1S/C24H29N3O3/c1-17(2)15-21-23(29)27(24(30)26-21)16-22(28)25-14-13-20(18-9-5-3-6-10-18)19-11-7-4-8-12-19/h3-12,17,20-21H,13-16H2,1-2H3,(H,25,28)(H,26,30)/t21-/m1/s1. The molecule has 1 heterocycles. The van der Waals surface area contributed by atoms with Crippen molar-refractivity contribution in [3.05, 3.63) is 71.8 Å². The third kappa shape index (κ3) is 5.47. The Morgan fingerprint density at radius 3 is 2.10 bits per heavy atom. The molecule has 0 unspecified atom stereocenters.